The van der Waals surface area contributed by atoms with Crippen LogP contribution in [0.5, 0.6) is 5.75 Å². The van der Waals surface area contributed by atoms with Crippen molar-refractivity contribution in [3.05, 3.63) is 59.4 Å². The van der Waals surface area contributed by atoms with Gasteiger partial charge in [-0.15, -0.1) is 0 Å². The number of pyridine rings is 1. The molecular formula is C14H10F3NO2. The molecule has 0 atom stereocenters. The number of ketones is 1. The van der Waals surface area contributed by atoms with Gasteiger partial charge in [0.1, 0.15) is 5.75 Å². The summed E-state index contributed by atoms with van der Waals surface area (Å²) in [5.74, 6) is -0.533. The summed E-state index contributed by atoms with van der Waals surface area (Å²) in [6.45, 7) is 0. The molecule has 104 valence electrons. The van der Waals surface area contributed by atoms with Crippen LogP contribution in [0.4, 0.5) is 13.2 Å². The highest BCUT2D eigenvalue weighted by atomic mass is 19.4. The van der Waals surface area contributed by atoms with E-state index < -0.39 is 17.5 Å². The predicted octanol–water partition coefficient (Wildman–Crippen LogP) is 3.34. The molecule has 0 aliphatic heterocycles. The van der Waals surface area contributed by atoms with Crippen molar-refractivity contribution in [2.45, 2.75) is 6.18 Å². The van der Waals surface area contributed by atoms with Gasteiger partial charge in [-0.1, -0.05) is 0 Å². The van der Waals surface area contributed by atoms with E-state index in [1.807, 2.05) is 0 Å². The highest BCUT2D eigenvalue weighted by molar-refractivity contribution is 6.09. The van der Waals surface area contributed by atoms with E-state index in [2.05, 4.69) is 4.98 Å². The summed E-state index contributed by atoms with van der Waals surface area (Å²) in [6.07, 6.45) is -1.74. The first-order chi connectivity index (χ1) is 9.41. The minimum Gasteiger partial charge on any atom is -0.497 e. The number of nitrogens with zero attached hydrogens (tertiary/aromatic N) is 1. The van der Waals surface area contributed by atoms with Crippen LogP contribution < -0.4 is 4.74 Å². The lowest BCUT2D eigenvalue weighted by molar-refractivity contribution is -0.137. The lowest BCUT2D eigenvalue weighted by Crippen LogP contribution is -2.09. The molecule has 0 fully saturated rings. The van der Waals surface area contributed by atoms with Crippen molar-refractivity contribution < 1.29 is 22.7 Å². The predicted molar refractivity (Wildman–Crippen MR) is 65.7 cm³/mol. The zero-order valence-corrected chi connectivity index (χ0v) is 10.4. The molecule has 0 amide bonds. The number of benzene rings is 1. The van der Waals surface area contributed by atoms with Crippen LogP contribution in [0.3, 0.4) is 0 Å². The van der Waals surface area contributed by atoms with Gasteiger partial charge in [-0.05, 0) is 30.3 Å². The third-order valence-electron chi connectivity index (χ3n) is 2.67. The third kappa shape index (κ3) is 2.96. The highest BCUT2D eigenvalue weighted by Gasteiger charge is 2.32. The van der Waals surface area contributed by atoms with Crippen LogP contribution in [-0.2, 0) is 6.18 Å². The van der Waals surface area contributed by atoms with Gasteiger partial charge in [-0.25, -0.2) is 0 Å². The van der Waals surface area contributed by atoms with Crippen LogP contribution in [0.2, 0.25) is 0 Å². The molecule has 0 aliphatic carbocycles. The summed E-state index contributed by atoms with van der Waals surface area (Å²) in [5, 5.41) is 0. The quantitative estimate of drug-likeness (QED) is 0.810. The highest BCUT2D eigenvalue weighted by Crippen LogP contribution is 2.33. The van der Waals surface area contributed by atoms with Crippen LogP contribution in [0.25, 0.3) is 0 Å². The minimum atomic E-state index is -4.54. The lowest BCUT2D eigenvalue weighted by Gasteiger charge is -2.11. The second-order valence-electron chi connectivity index (χ2n) is 4.01. The molecule has 0 saturated carbocycles. The van der Waals surface area contributed by atoms with Gasteiger partial charge in [-0.2, -0.15) is 13.2 Å². The molecule has 2 aromatic rings. The van der Waals surface area contributed by atoms with Crippen molar-refractivity contribution in [2.75, 3.05) is 7.11 Å². The zero-order chi connectivity index (χ0) is 14.8. The van der Waals surface area contributed by atoms with E-state index in [0.717, 1.165) is 12.1 Å². The van der Waals surface area contributed by atoms with E-state index in [0.29, 0.717) is 0 Å². The van der Waals surface area contributed by atoms with E-state index in [-0.39, 0.29) is 16.9 Å². The molecule has 1 heterocycles. The Bertz CT molecular complexity index is 624. The smallest absolute Gasteiger partial charge is 0.416 e. The number of carbonyl (C=O) groups is 1. The maximum absolute atomic E-state index is 12.8. The Balaban J connectivity index is 2.49. The fraction of sp³-hybridized carbons (Fsp3) is 0.143. The molecule has 0 radical (unpaired) electrons. The van der Waals surface area contributed by atoms with E-state index in [1.165, 1.54) is 37.7 Å². The van der Waals surface area contributed by atoms with E-state index in [4.69, 9.17) is 4.74 Å². The normalized spacial score (nSPS) is 11.2. The number of halogens is 3. The number of rotatable bonds is 3. The van der Waals surface area contributed by atoms with Crippen molar-refractivity contribution in [1.82, 2.24) is 4.98 Å². The largest absolute Gasteiger partial charge is 0.497 e. The van der Waals surface area contributed by atoms with E-state index in [1.54, 1.807) is 0 Å². The van der Waals surface area contributed by atoms with Gasteiger partial charge >= 0.3 is 6.18 Å². The minimum absolute atomic E-state index is 0.0165. The summed E-state index contributed by atoms with van der Waals surface area (Å²) in [5.41, 5.74) is -0.737. The first kappa shape index (κ1) is 14.0. The Morgan fingerprint density at radius 3 is 2.30 bits per heavy atom. The molecular weight excluding hydrogens is 271 g/mol. The number of alkyl halides is 3. The number of hydrogen-bond acceptors (Lipinski definition) is 3. The molecule has 0 saturated heterocycles. The van der Waals surface area contributed by atoms with Gasteiger partial charge in [0.15, 0.2) is 5.78 Å². The molecule has 1 aromatic carbocycles. The Hall–Kier alpha value is -2.37. The molecule has 0 bridgehead atoms. The number of aromatic nitrogens is 1. The van der Waals surface area contributed by atoms with Gasteiger partial charge in [-0.3, -0.25) is 9.78 Å². The number of ether oxygens (including phenoxy) is 1. The first-order valence-electron chi connectivity index (χ1n) is 5.63. The average Bonchev–Trinajstić information content (AvgIpc) is 2.46. The van der Waals surface area contributed by atoms with E-state index in [9.17, 15) is 18.0 Å². The molecule has 3 nitrogen and oxygen atoms in total. The standard InChI is InChI=1S/C14H10F3NO2/c1-20-12-7-10(6-11(8-12)14(15,16)17)13(19)9-2-4-18-5-3-9/h2-8H,1H3. The maximum Gasteiger partial charge on any atom is 0.416 e. The molecule has 20 heavy (non-hydrogen) atoms. The maximum atomic E-state index is 12.8. The van der Waals surface area contributed by atoms with Crippen LogP contribution in [0.1, 0.15) is 21.5 Å². The average molecular weight is 281 g/mol. The third-order valence-corrected chi connectivity index (χ3v) is 2.67. The summed E-state index contributed by atoms with van der Waals surface area (Å²) < 4.78 is 43.1. The lowest BCUT2D eigenvalue weighted by atomic mass is 10.0. The van der Waals surface area contributed by atoms with Crippen LogP contribution >= 0.6 is 0 Å². The van der Waals surface area contributed by atoms with Crippen molar-refractivity contribution in [1.29, 1.82) is 0 Å². The SMILES string of the molecule is COc1cc(C(=O)c2ccncc2)cc(C(F)(F)F)c1. The molecule has 0 spiro atoms. The van der Waals surface area contributed by atoms with Crippen molar-refractivity contribution in [2.24, 2.45) is 0 Å². The molecule has 0 N–H and O–H groups in total. The van der Waals surface area contributed by atoms with Crippen LogP contribution in [0.15, 0.2) is 42.7 Å². The summed E-state index contributed by atoms with van der Waals surface area (Å²) in [6, 6.07) is 5.82. The summed E-state index contributed by atoms with van der Waals surface area (Å²) >= 11 is 0. The number of hydrogen-bond donors (Lipinski definition) is 0. The number of carbonyl (C=O) groups excluding carboxylic acids is 1. The van der Waals surface area contributed by atoms with Gasteiger partial charge in [0.05, 0.1) is 12.7 Å². The summed E-state index contributed by atoms with van der Waals surface area (Å²) in [4.78, 5) is 15.9. The number of methoxy groups -OCH3 is 1. The van der Waals surface area contributed by atoms with Gasteiger partial charge < -0.3 is 4.74 Å². The van der Waals surface area contributed by atoms with Crippen molar-refractivity contribution in [3.8, 4) is 5.75 Å². The van der Waals surface area contributed by atoms with Crippen LogP contribution in [-0.4, -0.2) is 17.9 Å². The Morgan fingerprint density at radius 2 is 1.75 bits per heavy atom. The monoisotopic (exact) mass is 281 g/mol. The van der Waals surface area contributed by atoms with Gasteiger partial charge in [0.2, 0.25) is 0 Å². The van der Waals surface area contributed by atoms with Gasteiger partial charge in [0, 0.05) is 23.5 Å². The molecule has 2 rings (SSSR count). The molecule has 1 aromatic heterocycles. The zero-order valence-electron chi connectivity index (χ0n) is 10.4. The second-order valence-corrected chi connectivity index (χ2v) is 4.01. The Labute approximate surface area is 113 Å². The van der Waals surface area contributed by atoms with Crippen LogP contribution in [0, 0.1) is 0 Å². The summed E-state index contributed by atoms with van der Waals surface area (Å²) in [7, 11) is 1.25. The van der Waals surface area contributed by atoms with Crippen molar-refractivity contribution in [3.63, 3.8) is 0 Å². The second kappa shape index (κ2) is 5.32. The molecule has 0 aliphatic rings. The fourth-order valence-corrected chi connectivity index (χ4v) is 1.68. The molecule has 0 unspecified atom stereocenters. The Kier molecular flexibility index (Phi) is 3.74. The van der Waals surface area contributed by atoms with Crippen molar-refractivity contribution >= 4 is 5.78 Å². The molecule has 6 heteroatoms. The topological polar surface area (TPSA) is 39.2 Å². The fourth-order valence-electron chi connectivity index (χ4n) is 1.68. The first-order valence-corrected chi connectivity index (χ1v) is 5.63. The van der Waals surface area contributed by atoms with E-state index >= 15 is 0 Å². The van der Waals surface area contributed by atoms with Gasteiger partial charge in [0.25, 0.3) is 0 Å². The Morgan fingerprint density at radius 1 is 1.10 bits per heavy atom.